The second kappa shape index (κ2) is 7.65. The molecule has 0 N–H and O–H groups in total. The topological polar surface area (TPSA) is 29.5 Å². The molecule has 3 nitrogen and oxygen atoms in total. The number of hydrogen-bond acceptors (Lipinski definition) is 3. The SMILES string of the molecule is CCOC(=O)CC1CCCCN1Cc1ccc(Cl)cc1. The standard InChI is InChI=1S/C16H22ClNO2/c1-2-20-16(19)11-15-5-3-4-10-18(15)12-13-6-8-14(17)9-7-13/h6-9,15H,2-5,10-12H2,1H3. The van der Waals surface area contributed by atoms with Crippen LogP contribution < -0.4 is 0 Å². The molecular formula is C16H22ClNO2. The predicted octanol–water partition coefficient (Wildman–Crippen LogP) is 3.65. The molecule has 1 aliphatic heterocycles. The zero-order valence-corrected chi connectivity index (χ0v) is 12.7. The van der Waals surface area contributed by atoms with Crippen LogP contribution in [-0.4, -0.2) is 30.1 Å². The van der Waals surface area contributed by atoms with Gasteiger partial charge in [-0.15, -0.1) is 0 Å². The molecule has 1 aromatic rings. The van der Waals surface area contributed by atoms with Crippen molar-refractivity contribution in [3.8, 4) is 0 Å². The highest BCUT2D eigenvalue weighted by Gasteiger charge is 2.25. The Balaban J connectivity index is 1.95. The first-order chi connectivity index (χ1) is 9.69. The molecule has 0 radical (unpaired) electrons. The number of likely N-dealkylation sites (tertiary alicyclic amines) is 1. The van der Waals surface area contributed by atoms with E-state index >= 15 is 0 Å². The molecule has 1 fully saturated rings. The lowest BCUT2D eigenvalue weighted by Crippen LogP contribution is -2.40. The lowest BCUT2D eigenvalue weighted by molar-refractivity contribution is -0.145. The maximum atomic E-state index is 11.7. The Labute approximate surface area is 125 Å². The number of halogens is 1. The van der Waals surface area contributed by atoms with E-state index in [9.17, 15) is 4.79 Å². The van der Waals surface area contributed by atoms with Crippen LogP contribution in [0.25, 0.3) is 0 Å². The highest BCUT2D eigenvalue weighted by Crippen LogP contribution is 2.23. The van der Waals surface area contributed by atoms with E-state index in [2.05, 4.69) is 17.0 Å². The van der Waals surface area contributed by atoms with Crippen molar-refractivity contribution >= 4 is 17.6 Å². The Morgan fingerprint density at radius 3 is 2.80 bits per heavy atom. The van der Waals surface area contributed by atoms with E-state index in [-0.39, 0.29) is 5.97 Å². The third-order valence-corrected chi connectivity index (χ3v) is 4.01. The maximum Gasteiger partial charge on any atom is 0.307 e. The minimum atomic E-state index is -0.0829. The van der Waals surface area contributed by atoms with Gasteiger partial charge in [0.05, 0.1) is 13.0 Å². The average Bonchev–Trinajstić information content (AvgIpc) is 2.44. The van der Waals surface area contributed by atoms with Gasteiger partial charge in [-0.3, -0.25) is 9.69 Å². The summed E-state index contributed by atoms with van der Waals surface area (Å²) in [5.74, 6) is -0.0829. The maximum absolute atomic E-state index is 11.7. The molecule has 1 saturated heterocycles. The van der Waals surface area contributed by atoms with Gasteiger partial charge >= 0.3 is 5.97 Å². The summed E-state index contributed by atoms with van der Waals surface area (Å²) >= 11 is 5.91. The second-order valence-electron chi connectivity index (χ2n) is 5.26. The minimum absolute atomic E-state index is 0.0829. The van der Waals surface area contributed by atoms with Gasteiger partial charge in [0.2, 0.25) is 0 Å². The first-order valence-electron chi connectivity index (χ1n) is 7.33. The Kier molecular flexibility index (Phi) is 5.86. The lowest BCUT2D eigenvalue weighted by Gasteiger charge is -2.35. The third kappa shape index (κ3) is 4.50. The van der Waals surface area contributed by atoms with E-state index in [4.69, 9.17) is 16.3 Å². The van der Waals surface area contributed by atoms with Crippen molar-refractivity contribution in [1.29, 1.82) is 0 Å². The van der Waals surface area contributed by atoms with Gasteiger partial charge in [-0.1, -0.05) is 30.2 Å². The van der Waals surface area contributed by atoms with Gasteiger partial charge in [-0.25, -0.2) is 0 Å². The van der Waals surface area contributed by atoms with Crippen LogP contribution in [0.4, 0.5) is 0 Å². The zero-order chi connectivity index (χ0) is 14.4. The molecule has 0 bridgehead atoms. The number of hydrogen-bond donors (Lipinski definition) is 0. The van der Waals surface area contributed by atoms with Crippen molar-refractivity contribution in [1.82, 2.24) is 4.90 Å². The summed E-state index contributed by atoms with van der Waals surface area (Å²) in [5.41, 5.74) is 1.24. The van der Waals surface area contributed by atoms with E-state index in [1.807, 2.05) is 19.1 Å². The number of carbonyl (C=O) groups excluding carboxylic acids is 1. The fourth-order valence-corrected chi connectivity index (χ4v) is 2.86. The number of ether oxygens (including phenoxy) is 1. The normalized spacial score (nSPS) is 19.8. The van der Waals surface area contributed by atoms with E-state index in [1.54, 1.807) is 0 Å². The number of benzene rings is 1. The van der Waals surface area contributed by atoms with Crippen LogP contribution in [0.3, 0.4) is 0 Å². The van der Waals surface area contributed by atoms with Gasteiger partial charge < -0.3 is 4.74 Å². The van der Waals surface area contributed by atoms with Crippen LogP contribution in [0.1, 0.15) is 38.2 Å². The Hall–Kier alpha value is -1.06. The van der Waals surface area contributed by atoms with Crippen LogP contribution in [0.15, 0.2) is 24.3 Å². The molecule has 1 aromatic carbocycles. The predicted molar refractivity (Wildman–Crippen MR) is 80.8 cm³/mol. The summed E-state index contributed by atoms with van der Waals surface area (Å²) in [5, 5.41) is 0.760. The van der Waals surface area contributed by atoms with Gasteiger partial charge in [0.25, 0.3) is 0 Å². The van der Waals surface area contributed by atoms with Gasteiger partial charge in [-0.2, -0.15) is 0 Å². The van der Waals surface area contributed by atoms with Gasteiger partial charge in [0.15, 0.2) is 0 Å². The largest absolute Gasteiger partial charge is 0.466 e. The molecule has 0 spiro atoms. The molecule has 0 saturated carbocycles. The van der Waals surface area contributed by atoms with E-state index < -0.39 is 0 Å². The molecule has 1 heterocycles. The second-order valence-corrected chi connectivity index (χ2v) is 5.69. The number of nitrogens with zero attached hydrogens (tertiary/aromatic N) is 1. The van der Waals surface area contributed by atoms with Crippen molar-refractivity contribution < 1.29 is 9.53 Å². The van der Waals surface area contributed by atoms with Crippen LogP contribution in [0, 0.1) is 0 Å². The molecule has 0 amide bonds. The summed E-state index contributed by atoms with van der Waals surface area (Å²) in [6.45, 7) is 4.24. The summed E-state index contributed by atoms with van der Waals surface area (Å²) in [6, 6.07) is 8.25. The van der Waals surface area contributed by atoms with Crippen molar-refractivity contribution in [2.75, 3.05) is 13.2 Å². The summed E-state index contributed by atoms with van der Waals surface area (Å²) in [7, 11) is 0. The van der Waals surface area contributed by atoms with Gasteiger partial charge in [-0.05, 0) is 44.0 Å². The average molecular weight is 296 g/mol. The first kappa shape index (κ1) is 15.3. The third-order valence-electron chi connectivity index (χ3n) is 3.76. The lowest BCUT2D eigenvalue weighted by atomic mass is 9.98. The van der Waals surface area contributed by atoms with E-state index in [0.717, 1.165) is 24.5 Å². The van der Waals surface area contributed by atoms with Gasteiger partial charge in [0.1, 0.15) is 0 Å². The molecule has 110 valence electrons. The zero-order valence-electron chi connectivity index (χ0n) is 12.0. The van der Waals surface area contributed by atoms with Crippen LogP contribution >= 0.6 is 11.6 Å². The molecular weight excluding hydrogens is 274 g/mol. The van der Waals surface area contributed by atoms with Crippen molar-refractivity contribution in [2.24, 2.45) is 0 Å². The fourth-order valence-electron chi connectivity index (χ4n) is 2.74. The van der Waals surface area contributed by atoms with Gasteiger partial charge in [0, 0.05) is 17.6 Å². The molecule has 20 heavy (non-hydrogen) atoms. The molecule has 1 aliphatic rings. The minimum Gasteiger partial charge on any atom is -0.466 e. The Morgan fingerprint density at radius 1 is 1.35 bits per heavy atom. The quantitative estimate of drug-likeness (QED) is 0.777. The Bertz CT molecular complexity index is 433. The number of piperidine rings is 1. The summed E-state index contributed by atoms with van der Waals surface area (Å²) in [6.07, 6.45) is 3.97. The highest BCUT2D eigenvalue weighted by atomic mass is 35.5. The molecule has 4 heteroatoms. The van der Waals surface area contributed by atoms with Crippen LogP contribution in [0.2, 0.25) is 5.02 Å². The molecule has 1 unspecified atom stereocenters. The smallest absolute Gasteiger partial charge is 0.307 e. The number of esters is 1. The van der Waals surface area contributed by atoms with Crippen molar-refractivity contribution in [2.45, 2.75) is 45.2 Å². The summed E-state index contributed by atoms with van der Waals surface area (Å²) < 4.78 is 5.08. The molecule has 0 aromatic heterocycles. The number of rotatable bonds is 5. The highest BCUT2D eigenvalue weighted by molar-refractivity contribution is 6.30. The van der Waals surface area contributed by atoms with E-state index in [0.29, 0.717) is 19.1 Å². The monoisotopic (exact) mass is 295 g/mol. The fraction of sp³-hybridized carbons (Fsp3) is 0.562. The van der Waals surface area contributed by atoms with Crippen molar-refractivity contribution in [3.63, 3.8) is 0 Å². The number of carbonyl (C=O) groups is 1. The molecule has 0 aliphatic carbocycles. The van der Waals surface area contributed by atoms with E-state index in [1.165, 1.54) is 18.4 Å². The first-order valence-corrected chi connectivity index (χ1v) is 7.71. The molecule has 1 atom stereocenters. The summed E-state index contributed by atoms with van der Waals surface area (Å²) in [4.78, 5) is 14.1. The Morgan fingerprint density at radius 2 is 2.10 bits per heavy atom. The van der Waals surface area contributed by atoms with Crippen LogP contribution in [0.5, 0.6) is 0 Å². The van der Waals surface area contributed by atoms with Crippen LogP contribution in [-0.2, 0) is 16.1 Å². The molecule has 2 rings (SSSR count). The van der Waals surface area contributed by atoms with Crippen molar-refractivity contribution in [3.05, 3.63) is 34.9 Å².